The van der Waals surface area contributed by atoms with Crippen molar-refractivity contribution < 1.29 is 4.57 Å². The summed E-state index contributed by atoms with van der Waals surface area (Å²) in [5, 5.41) is 2.74. The first-order valence-corrected chi connectivity index (χ1v) is 11.3. The molecule has 5 rings (SSSR count). The van der Waals surface area contributed by atoms with Gasteiger partial charge in [0.25, 0.3) is 5.65 Å². The number of aromatic nitrogens is 2. The summed E-state index contributed by atoms with van der Waals surface area (Å²) in [4.78, 5) is 0. The monoisotopic (exact) mass is 397 g/mol. The Labute approximate surface area is 179 Å². The van der Waals surface area contributed by atoms with Crippen LogP contribution in [0.15, 0.2) is 61.2 Å². The van der Waals surface area contributed by atoms with Crippen molar-refractivity contribution in [1.29, 1.82) is 0 Å². The third-order valence-corrected chi connectivity index (χ3v) is 7.94. The number of para-hydroxylation sites is 2. The number of nitrogens with zero attached hydrogens (tertiary/aromatic N) is 2. The first-order chi connectivity index (χ1) is 14.2. The van der Waals surface area contributed by atoms with Crippen LogP contribution in [-0.4, -0.2) is 4.40 Å². The molecule has 2 atom stereocenters. The van der Waals surface area contributed by atoms with Crippen molar-refractivity contribution in [3.63, 3.8) is 0 Å². The van der Waals surface area contributed by atoms with Gasteiger partial charge in [-0.15, -0.1) is 0 Å². The second-order valence-corrected chi connectivity index (χ2v) is 10.2. The van der Waals surface area contributed by atoms with Crippen LogP contribution >= 0.6 is 0 Å². The van der Waals surface area contributed by atoms with E-state index in [2.05, 4.69) is 112 Å². The number of pyridine rings is 1. The van der Waals surface area contributed by atoms with E-state index in [-0.39, 0.29) is 16.4 Å². The Kier molecular flexibility index (Phi) is 3.85. The Morgan fingerprint density at radius 3 is 2.40 bits per heavy atom. The van der Waals surface area contributed by atoms with Crippen molar-refractivity contribution >= 4 is 27.5 Å². The summed E-state index contributed by atoms with van der Waals surface area (Å²) in [6.45, 7) is 18.5. The third-order valence-electron chi connectivity index (χ3n) is 7.94. The lowest BCUT2D eigenvalue weighted by Crippen LogP contribution is -2.66. The van der Waals surface area contributed by atoms with Crippen molar-refractivity contribution in [2.75, 3.05) is 0 Å². The normalized spacial score (nSPS) is 23.7. The molecule has 4 aromatic rings. The number of rotatable bonds is 3. The van der Waals surface area contributed by atoms with Gasteiger partial charge in [-0.2, -0.15) is 4.40 Å². The van der Waals surface area contributed by atoms with E-state index in [0.29, 0.717) is 0 Å². The fourth-order valence-electron chi connectivity index (χ4n) is 6.19. The van der Waals surface area contributed by atoms with Gasteiger partial charge in [-0.1, -0.05) is 78.5 Å². The Morgan fingerprint density at radius 1 is 1.03 bits per heavy atom. The number of benzene rings is 2. The molecular formula is C28H33N2+. The van der Waals surface area contributed by atoms with Crippen molar-refractivity contribution in [3.8, 4) is 0 Å². The molecule has 2 nitrogen and oxygen atoms in total. The maximum Gasteiger partial charge on any atom is 0.296 e. The summed E-state index contributed by atoms with van der Waals surface area (Å²) in [6.07, 6.45) is 4.30. The first-order valence-electron chi connectivity index (χ1n) is 11.3. The van der Waals surface area contributed by atoms with Crippen LogP contribution in [0.25, 0.3) is 27.5 Å². The van der Waals surface area contributed by atoms with Crippen molar-refractivity contribution in [2.24, 2.45) is 0 Å². The molecular weight excluding hydrogens is 364 g/mol. The van der Waals surface area contributed by atoms with Gasteiger partial charge in [0.05, 0.1) is 5.39 Å². The van der Waals surface area contributed by atoms with E-state index in [9.17, 15) is 0 Å². The van der Waals surface area contributed by atoms with Crippen LogP contribution in [0.4, 0.5) is 0 Å². The Balaban J connectivity index is 2.22. The van der Waals surface area contributed by atoms with E-state index < -0.39 is 0 Å². The zero-order valence-corrected chi connectivity index (χ0v) is 19.2. The molecule has 30 heavy (non-hydrogen) atoms. The zero-order valence-electron chi connectivity index (χ0n) is 19.2. The minimum absolute atomic E-state index is 0.0262. The highest BCUT2D eigenvalue weighted by Gasteiger charge is 2.56. The highest BCUT2D eigenvalue weighted by atomic mass is 15.2. The lowest BCUT2D eigenvalue weighted by Gasteiger charge is -2.47. The largest absolute Gasteiger partial charge is 0.296 e. The molecule has 2 heteroatoms. The lowest BCUT2D eigenvalue weighted by molar-refractivity contribution is -0.719. The molecule has 0 fully saturated rings. The van der Waals surface area contributed by atoms with Gasteiger partial charge in [0.2, 0.25) is 0 Å². The molecule has 0 saturated carbocycles. The van der Waals surface area contributed by atoms with Gasteiger partial charge >= 0.3 is 0 Å². The summed E-state index contributed by atoms with van der Waals surface area (Å²) in [7, 11) is 0. The number of imidazole rings is 1. The van der Waals surface area contributed by atoms with E-state index in [1.54, 1.807) is 0 Å². The molecule has 0 saturated heterocycles. The van der Waals surface area contributed by atoms with Crippen molar-refractivity contribution in [1.82, 2.24) is 4.40 Å². The molecule has 2 aromatic heterocycles. The average molecular weight is 398 g/mol. The number of allylic oxidation sites excluding steroid dienone is 1. The summed E-state index contributed by atoms with van der Waals surface area (Å²) in [6, 6.07) is 18.2. The lowest BCUT2D eigenvalue weighted by atomic mass is 9.61. The van der Waals surface area contributed by atoms with Crippen LogP contribution in [0, 0.1) is 0 Å². The van der Waals surface area contributed by atoms with Gasteiger partial charge in [-0.3, -0.25) is 0 Å². The SMILES string of the molecule is C=CC1(CC)[n+]2c3ccccc3n3c(C(C)(C)C)cc4cccc(c4c32)C1(C)CC. The molecule has 0 bridgehead atoms. The average Bonchev–Trinajstić information content (AvgIpc) is 3.09. The fourth-order valence-corrected chi connectivity index (χ4v) is 6.19. The highest BCUT2D eigenvalue weighted by Crippen LogP contribution is 2.51. The molecule has 2 unspecified atom stereocenters. The summed E-state index contributed by atoms with van der Waals surface area (Å²) < 4.78 is 5.16. The van der Waals surface area contributed by atoms with Crippen LogP contribution < -0.4 is 4.57 Å². The van der Waals surface area contributed by atoms with Crippen LogP contribution in [0.5, 0.6) is 0 Å². The third kappa shape index (κ3) is 2.02. The molecule has 0 spiro atoms. The van der Waals surface area contributed by atoms with Crippen LogP contribution in [0.3, 0.4) is 0 Å². The van der Waals surface area contributed by atoms with Gasteiger partial charge in [0.15, 0.2) is 11.0 Å². The van der Waals surface area contributed by atoms with Crippen LogP contribution in [0.2, 0.25) is 0 Å². The molecule has 1 aliphatic rings. The first kappa shape index (κ1) is 19.4. The minimum atomic E-state index is -0.187. The van der Waals surface area contributed by atoms with Gasteiger partial charge in [-0.25, -0.2) is 4.57 Å². The minimum Gasteiger partial charge on any atom is -0.212 e. The summed E-state index contributed by atoms with van der Waals surface area (Å²) in [5.41, 5.74) is 6.52. The fraction of sp³-hybridized carbons (Fsp3) is 0.393. The maximum absolute atomic E-state index is 4.42. The van der Waals surface area contributed by atoms with Gasteiger partial charge in [0.1, 0.15) is 11.2 Å². The quantitative estimate of drug-likeness (QED) is 0.265. The van der Waals surface area contributed by atoms with E-state index in [1.165, 1.54) is 38.7 Å². The number of hydrogen-bond acceptors (Lipinski definition) is 0. The molecule has 3 heterocycles. The van der Waals surface area contributed by atoms with Crippen molar-refractivity contribution in [2.45, 2.75) is 70.8 Å². The Bertz CT molecular complexity index is 1330. The predicted molar refractivity (Wildman–Crippen MR) is 127 cm³/mol. The molecule has 154 valence electrons. The van der Waals surface area contributed by atoms with E-state index in [0.717, 1.165) is 12.8 Å². The second kappa shape index (κ2) is 5.97. The molecule has 0 aliphatic carbocycles. The van der Waals surface area contributed by atoms with E-state index in [1.807, 2.05) is 0 Å². The van der Waals surface area contributed by atoms with Gasteiger partial charge in [-0.05, 0) is 48.1 Å². The topological polar surface area (TPSA) is 8.29 Å². The van der Waals surface area contributed by atoms with E-state index in [4.69, 9.17) is 0 Å². The zero-order chi connectivity index (χ0) is 21.5. The highest BCUT2D eigenvalue weighted by molar-refractivity contribution is 6.00. The number of hydrogen-bond donors (Lipinski definition) is 0. The van der Waals surface area contributed by atoms with Crippen LogP contribution in [-0.2, 0) is 16.4 Å². The standard InChI is InChI=1S/C28H33N2/c1-8-27(7)20-15-13-14-19-18-23(26(4,5)6)29-21-16-11-12-17-22(21)30(25(29)24(19)20)28(27,9-2)10-3/h9,11-18H,2,8,10H2,1,3-7H3/q+1. The van der Waals surface area contributed by atoms with Crippen LogP contribution in [0.1, 0.15) is 65.6 Å². The summed E-state index contributed by atoms with van der Waals surface area (Å²) >= 11 is 0. The molecule has 1 aliphatic heterocycles. The molecule has 2 aromatic carbocycles. The van der Waals surface area contributed by atoms with Crippen molar-refractivity contribution in [3.05, 3.63) is 72.4 Å². The summed E-state index contributed by atoms with van der Waals surface area (Å²) in [5.74, 6) is 0. The Hall–Kier alpha value is -2.61. The van der Waals surface area contributed by atoms with E-state index >= 15 is 0 Å². The second-order valence-electron chi connectivity index (χ2n) is 10.2. The molecule has 0 radical (unpaired) electrons. The maximum atomic E-state index is 4.42. The van der Waals surface area contributed by atoms with Gasteiger partial charge < -0.3 is 0 Å². The number of fused-ring (bicyclic) bond motifs is 3. The molecule has 0 N–H and O–H groups in total. The Morgan fingerprint density at radius 2 is 1.77 bits per heavy atom. The predicted octanol–water partition coefficient (Wildman–Crippen LogP) is 6.80. The molecule has 0 amide bonds. The van der Waals surface area contributed by atoms with Gasteiger partial charge in [0, 0.05) is 10.8 Å². The smallest absolute Gasteiger partial charge is 0.212 e.